The summed E-state index contributed by atoms with van der Waals surface area (Å²) < 4.78 is 0. The van der Waals surface area contributed by atoms with Crippen LogP contribution in [0, 0.1) is 0 Å². The zero-order valence-electron chi connectivity index (χ0n) is 10.2. The average Bonchev–Trinajstić information content (AvgIpc) is 2.38. The van der Waals surface area contributed by atoms with Gasteiger partial charge in [0.25, 0.3) is 0 Å². The highest BCUT2D eigenvalue weighted by Crippen LogP contribution is 2.06. The number of carbonyl (C=O) groups excluding carboxylic acids is 2. The van der Waals surface area contributed by atoms with Gasteiger partial charge in [0.2, 0.25) is 11.8 Å². The first-order valence-corrected chi connectivity index (χ1v) is 6.19. The lowest BCUT2D eigenvalue weighted by Crippen LogP contribution is -2.57. The number of nitrogens with one attached hydrogen (secondary N) is 2. The van der Waals surface area contributed by atoms with Gasteiger partial charge in [0.05, 0.1) is 12.6 Å². The minimum Gasteiger partial charge on any atom is -0.353 e. The molecule has 2 aliphatic rings. The van der Waals surface area contributed by atoms with Crippen molar-refractivity contribution >= 4 is 11.8 Å². The highest BCUT2D eigenvalue weighted by atomic mass is 16.2. The summed E-state index contributed by atoms with van der Waals surface area (Å²) in [6.07, 6.45) is 0. The van der Waals surface area contributed by atoms with Crippen LogP contribution in [-0.2, 0) is 9.59 Å². The molecule has 1 atom stereocenters. The maximum absolute atomic E-state index is 12.2. The standard InChI is InChI=1S/C11H20N4O2/c1-9(14-5-2-12-3-6-14)11(17)15-7-4-13-10(16)8-15/h9,12H,2-8H2,1H3,(H,13,16). The van der Waals surface area contributed by atoms with Crippen LogP contribution in [0.5, 0.6) is 0 Å². The summed E-state index contributed by atoms with van der Waals surface area (Å²) in [7, 11) is 0. The van der Waals surface area contributed by atoms with Crippen molar-refractivity contribution in [3.8, 4) is 0 Å². The van der Waals surface area contributed by atoms with Crippen molar-refractivity contribution < 1.29 is 9.59 Å². The number of rotatable bonds is 2. The predicted molar refractivity (Wildman–Crippen MR) is 63.5 cm³/mol. The van der Waals surface area contributed by atoms with Gasteiger partial charge in [0.15, 0.2) is 0 Å². The quantitative estimate of drug-likeness (QED) is 0.600. The smallest absolute Gasteiger partial charge is 0.240 e. The second kappa shape index (κ2) is 5.46. The molecule has 2 N–H and O–H groups in total. The summed E-state index contributed by atoms with van der Waals surface area (Å²) in [5.41, 5.74) is 0. The van der Waals surface area contributed by atoms with Gasteiger partial charge in [0, 0.05) is 39.3 Å². The van der Waals surface area contributed by atoms with Crippen molar-refractivity contribution in [2.24, 2.45) is 0 Å². The van der Waals surface area contributed by atoms with E-state index in [1.165, 1.54) is 0 Å². The Morgan fingerprint density at radius 2 is 1.94 bits per heavy atom. The summed E-state index contributed by atoms with van der Waals surface area (Å²) in [6, 6.07) is -0.122. The van der Waals surface area contributed by atoms with Gasteiger partial charge in [-0.3, -0.25) is 14.5 Å². The molecule has 2 rings (SSSR count). The highest BCUT2D eigenvalue weighted by Gasteiger charge is 2.29. The topological polar surface area (TPSA) is 64.7 Å². The number of carbonyl (C=O) groups is 2. The number of hydrogen-bond acceptors (Lipinski definition) is 4. The third-order valence-corrected chi connectivity index (χ3v) is 3.41. The van der Waals surface area contributed by atoms with Gasteiger partial charge in [-0.25, -0.2) is 0 Å². The van der Waals surface area contributed by atoms with Gasteiger partial charge >= 0.3 is 0 Å². The summed E-state index contributed by atoms with van der Waals surface area (Å²) in [5, 5.41) is 5.99. The van der Waals surface area contributed by atoms with E-state index in [-0.39, 0.29) is 24.4 Å². The van der Waals surface area contributed by atoms with E-state index in [0.29, 0.717) is 13.1 Å². The van der Waals surface area contributed by atoms with Gasteiger partial charge in [-0.2, -0.15) is 0 Å². The van der Waals surface area contributed by atoms with Gasteiger partial charge in [-0.1, -0.05) is 0 Å². The van der Waals surface area contributed by atoms with Crippen molar-refractivity contribution in [3.05, 3.63) is 0 Å². The molecule has 0 aliphatic carbocycles. The Bertz CT molecular complexity index is 302. The molecule has 0 spiro atoms. The maximum atomic E-state index is 12.2. The van der Waals surface area contributed by atoms with Crippen LogP contribution in [0.4, 0.5) is 0 Å². The van der Waals surface area contributed by atoms with Crippen LogP contribution in [0.3, 0.4) is 0 Å². The number of piperazine rings is 2. The Morgan fingerprint density at radius 3 is 2.59 bits per heavy atom. The molecular formula is C11H20N4O2. The van der Waals surface area contributed by atoms with E-state index in [1.54, 1.807) is 4.90 Å². The van der Waals surface area contributed by atoms with Crippen molar-refractivity contribution in [3.63, 3.8) is 0 Å². The van der Waals surface area contributed by atoms with Crippen LogP contribution in [0.25, 0.3) is 0 Å². The molecule has 17 heavy (non-hydrogen) atoms. The zero-order valence-corrected chi connectivity index (χ0v) is 10.2. The van der Waals surface area contributed by atoms with Crippen LogP contribution in [0.15, 0.2) is 0 Å². The molecule has 96 valence electrons. The number of hydrogen-bond donors (Lipinski definition) is 2. The minimum absolute atomic E-state index is 0.0582. The van der Waals surface area contributed by atoms with Crippen molar-refractivity contribution in [1.29, 1.82) is 0 Å². The Morgan fingerprint density at radius 1 is 1.24 bits per heavy atom. The van der Waals surface area contributed by atoms with E-state index in [0.717, 1.165) is 26.2 Å². The molecule has 2 fully saturated rings. The van der Waals surface area contributed by atoms with E-state index in [4.69, 9.17) is 0 Å². The molecule has 2 heterocycles. The SMILES string of the molecule is CC(C(=O)N1CCNC(=O)C1)N1CCNCC1. The van der Waals surface area contributed by atoms with E-state index >= 15 is 0 Å². The predicted octanol–water partition coefficient (Wildman–Crippen LogP) is -1.76. The largest absolute Gasteiger partial charge is 0.353 e. The first-order valence-electron chi connectivity index (χ1n) is 6.19. The second-order valence-electron chi connectivity index (χ2n) is 4.57. The van der Waals surface area contributed by atoms with E-state index in [2.05, 4.69) is 15.5 Å². The summed E-state index contributed by atoms with van der Waals surface area (Å²) >= 11 is 0. The highest BCUT2D eigenvalue weighted by molar-refractivity contribution is 5.88. The molecule has 0 aromatic heterocycles. The fourth-order valence-electron chi connectivity index (χ4n) is 2.32. The first-order chi connectivity index (χ1) is 8.18. The molecular weight excluding hydrogens is 220 g/mol. The Hall–Kier alpha value is -1.14. The minimum atomic E-state index is -0.122. The molecule has 0 radical (unpaired) electrons. The lowest BCUT2D eigenvalue weighted by atomic mass is 10.2. The van der Waals surface area contributed by atoms with Gasteiger partial charge in [-0.15, -0.1) is 0 Å². The van der Waals surface area contributed by atoms with Crippen LogP contribution in [-0.4, -0.2) is 73.5 Å². The fourth-order valence-corrected chi connectivity index (χ4v) is 2.32. The van der Waals surface area contributed by atoms with Crippen molar-refractivity contribution in [2.45, 2.75) is 13.0 Å². The summed E-state index contributed by atoms with van der Waals surface area (Å²) in [4.78, 5) is 27.3. The molecule has 0 aromatic rings. The van der Waals surface area contributed by atoms with E-state index in [9.17, 15) is 9.59 Å². The molecule has 6 heteroatoms. The third-order valence-electron chi connectivity index (χ3n) is 3.41. The third kappa shape index (κ3) is 2.95. The Labute approximate surface area is 101 Å². The molecule has 1 unspecified atom stereocenters. The van der Waals surface area contributed by atoms with Crippen LogP contribution < -0.4 is 10.6 Å². The molecule has 2 saturated heterocycles. The number of nitrogens with zero attached hydrogens (tertiary/aromatic N) is 2. The Balaban J connectivity index is 1.91. The summed E-state index contributed by atoms with van der Waals surface area (Å²) in [5.74, 6) is 0.0128. The van der Waals surface area contributed by atoms with Crippen molar-refractivity contribution in [1.82, 2.24) is 20.4 Å². The second-order valence-corrected chi connectivity index (χ2v) is 4.57. The van der Waals surface area contributed by atoms with Gasteiger partial charge in [-0.05, 0) is 6.92 Å². The van der Waals surface area contributed by atoms with Crippen LogP contribution in [0.1, 0.15) is 6.92 Å². The zero-order chi connectivity index (χ0) is 12.3. The van der Waals surface area contributed by atoms with Crippen LogP contribution >= 0.6 is 0 Å². The molecule has 0 aromatic carbocycles. The molecule has 6 nitrogen and oxygen atoms in total. The van der Waals surface area contributed by atoms with Gasteiger partial charge in [0.1, 0.15) is 0 Å². The number of amides is 2. The van der Waals surface area contributed by atoms with Crippen molar-refractivity contribution in [2.75, 3.05) is 45.8 Å². The molecule has 0 saturated carbocycles. The van der Waals surface area contributed by atoms with E-state index < -0.39 is 0 Å². The molecule has 2 aliphatic heterocycles. The lowest BCUT2D eigenvalue weighted by Gasteiger charge is -2.36. The summed E-state index contributed by atoms with van der Waals surface area (Å²) in [6.45, 7) is 6.98. The van der Waals surface area contributed by atoms with Gasteiger partial charge < -0.3 is 15.5 Å². The molecule has 2 amide bonds. The monoisotopic (exact) mass is 240 g/mol. The normalized spacial score (nSPS) is 24.3. The fraction of sp³-hybridized carbons (Fsp3) is 0.818. The van der Waals surface area contributed by atoms with Crippen LogP contribution in [0.2, 0.25) is 0 Å². The first kappa shape index (κ1) is 12.3. The maximum Gasteiger partial charge on any atom is 0.240 e. The Kier molecular flexibility index (Phi) is 3.96. The lowest BCUT2D eigenvalue weighted by molar-refractivity contribution is -0.142. The van der Waals surface area contributed by atoms with E-state index in [1.807, 2.05) is 6.92 Å². The average molecular weight is 240 g/mol. The molecule has 0 bridgehead atoms.